The van der Waals surface area contributed by atoms with Crippen molar-refractivity contribution in [3.05, 3.63) is 24.3 Å². The number of aliphatic hydroxyl groups excluding tert-OH is 1. The number of hydrogen-bond donors (Lipinski definition) is 1. The molecule has 0 heterocycles. The number of aliphatic hydroxyl groups is 1. The second kappa shape index (κ2) is 1.92. The summed E-state index contributed by atoms with van der Waals surface area (Å²) in [6.45, 7) is 0. The monoisotopic (exact) mass is 110 g/mol. The summed E-state index contributed by atoms with van der Waals surface area (Å²) in [5.74, 6) is -0.0599. The number of ketones is 1. The first-order valence-corrected chi connectivity index (χ1v) is 2.37. The molecule has 0 spiro atoms. The van der Waals surface area contributed by atoms with Crippen LogP contribution in [0.4, 0.5) is 0 Å². The van der Waals surface area contributed by atoms with Crippen LogP contribution in [0.2, 0.25) is 0 Å². The molecule has 0 fully saturated rings. The van der Waals surface area contributed by atoms with Crippen molar-refractivity contribution in [2.45, 2.75) is 6.10 Å². The highest BCUT2D eigenvalue weighted by atomic mass is 16.3. The molecule has 8 heavy (non-hydrogen) atoms. The van der Waals surface area contributed by atoms with E-state index in [1.807, 2.05) is 0 Å². The largest absolute Gasteiger partial charge is 0.385 e. The number of carbonyl (C=O) groups excluding carboxylic acids is 1. The summed E-state index contributed by atoms with van der Waals surface area (Å²) in [5.41, 5.74) is 0. The van der Waals surface area contributed by atoms with Gasteiger partial charge in [0.15, 0.2) is 5.78 Å². The molecule has 1 rings (SSSR count). The zero-order valence-corrected chi connectivity index (χ0v) is 4.24. The number of rotatable bonds is 0. The zero-order chi connectivity index (χ0) is 5.98. The van der Waals surface area contributed by atoms with Gasteiger partial charge in [0, 0.05) is 0 Å². The fourth-order valence-corrected chi connectivity index (χ4v) is 0.507. The minimum Gasteiger partial charge on any atom is -0.385 e. The Morgan fingerprint density at radius 2 is 1.88 bits per heavy atom. The second-order valence-electron chi connectivity index (χ2n) is 1.61. The van der Waals surface area contributed by atoms with Gasteiger partial charge >= 0.3 is 0 Å². The lowest BCUT2D eigenvalue weighted by atomic mass is 10.2. The minimum atomic E-state index is -0.562. The van der Waals surface area contributed by atoms with Gasteiger partial charge in [-0.05, 0) is 24.3 Å². The van der Waals surface area contributed by atoms with Crippen molar-refractivity contribution in [1.82, 2.24) is 0 Å². The third-order valence-corrected chi connectivity index (χ3v) is 0.915. The molecule has 0 aromatic heterocycles. The van der Waals surface area contributed by atoms with Gasteiger partial charge in [0.25, 0.3) is 0 Å². The van der Waals surface area contributed by atoms with E-state index in [2.05, 4.69) is 0 Å². The molecule has 2 nitrogen and oxygen atoms in total. The summed E-state index contributed by atoms with van der Waals surface area (Å²) in [4.78, 5) is 10.3. The lowest BCUT2D eigenvalue weighted by Gasteiger charge is -1.98. The first-order valence-electron chi connectivity index (χ1n) is 2.37. The molecule has 1 aliphatic carbocycles. The Bertz CT molecular complexity index is 140. The molecule has 0 amide bonds. The predicted molar refractivity (Wildman–Crippen MR) is 29.3 cm³/mol. The lowest BCUT2D eigenvalue weighted by molar-refractivity contribution is -0.110. The molecule has 2 heteroatoms. The molecule has 0 saturated carbocycles. The average molecular weight is 110 g/mol. The zero-order valence-electron chi connectivity index (χ0n) is 4.24. The molecule has 0 saturated heterocycles. The van der Waals surface area contributed by atoms with E-state index in [4.69, 9.17) is 5.11 Å². The Hall–Kier alpha value is -0.890. The van der Waals surface area contributed by atoms with Crippen LogP contribution in [0.15, 0.2) is 24.3 Å². The van der Waals surface area contributed by atoms with Crippen LogP contribution in [0.1, 0.15) is 0 Å². The van der Waals surface area contributed by atoms with Gasteiger partial charge in [0.2, 0.25) is 0 Å². The van der Waals surface area contributed by atoms with Crippen LogP contribution >= 0.6 is 0 Å². The number of carbonyl (C=O) groups is 1. The molecular formula is C6H6O2. The van der Waals surface area contributed by atoms with Gasteiger partial charge < -0.3 is 5.11 Å². The Morgan fingerprint density at radius 1 is 1.38 bits per heavy atom. The van der Waals surface area contributed by atoms with E-state index < -0.39 is 6.10 Å². The Balaban J connectivity index is 2.68. The van der Waals surface area contributed by atoms with Gasteiger partial charge in [-0.15, -0.1) is 0 Å². The van der Waals surface area contributed by atoms with Crippen LogP contribution < -0.4 is 0 Å². The van der Waals surface area contributed by atoms with Crippen molar-refractivity contribution < 1.29 is 9.90 Å². The van der Waals surface area contributed by atoms with E-state index in [1.165, 1.54) is 24.3 Å². The second-order valence-corrected chi connectivity index (χ2v) is 1.61. The summed E-state index contributed by atoms with van der Waals surface area (Å²) in [5, 5.41) is 8.70. The fourth-order valence-electron chi connectivity index (χ4n) is 0.507. The summed E-state index contributed by atoms with van der Waals surface area (Å²) < 4.78 is 0. The van der Waals surface area contributed by atoms with E-state index >= 15 is 0 Å². The molecule has 0 bridgehead atoms. The maximum atomic E-state index is 10.3. The van der Waals surface area contributed by atoms with E-state index in [-0.39, 0.29) is 5.78 Å². The SMILES string of the molecule is O=C1C=CC(O)C=C1. The minimum absolute atomic E-state index is 0.0599. The summed E-state index contributed by atoms with van der Waals surface area (Å²) >= 11 is 0. The quantitative estimate of drug-likeness (QED) is 0.478. The van der Waals surface area contributed by atoms with Gasteiger partial charge in [0.1, 0.15) is 0 Å². The normalized spacial score (nSPS) is 19.9. The van der Waals surface area contributed by atoms with Crippen LogP contribution in [0.3, 0.4) is 0 Å². The van der Waals surface area contributed by atoms with E-state index in [0.29, 0.717) is 0 Å². The van der Waals surface area contributed by atoms with Crippen LogP contribution in [0.5, 0.6) is 0 Å². The maximum Gasteiger partial charge on any atom is 0.178 e. The van der Waals surface area contributed by atoms with Crippen LogP contribution in [-0.4, -0.2) is 17.0 Å². The molecule has 0 aromatic carbocycles. The van der Waals surface area contributed by atoms with Crippen molar-refractivity contribution in [1.29, 1.82) is 0 Å². The summed E-state index contributed by atoms with van der Waals surface area (Å²) in [7, 11) is 0. The van der Waals surface area contributed by atoms with Gasteiger partial charge in [-0.2, -0.15) is 0 Å². The van der Waals surface area contributed by atoms with Crippen molar-refractivity contribution in [3.63, 3.8) is 0 Å². The molecule has 0 radical (unpaired) electrons. The predicted octanol–water partition coefficient (Wildman–Crippen LogP) is 0.0424. The number of hydrogen-bond acceptors (Lipinski definition) is 2. The van der Waals surface area contributed by atoms with Gasteiger partial charge in [-0.3, -0.25) is 4.79 Å². The average Bonchev–Trinajstić information content (AvgIpc) is 1.77. The van der Waals surface area contributed by atoms with Crippen molar-refractivity contribution in [2.75, 3.05) is 0 Å². The van der Waals surface area contributed by atoms with Gasteiger partial charge in [-0.25, -0.2) is 0 Å². The van der Waals surface area contributed by atoms with Crippen LogP contribution in [-0.2, 0) is 4.79 Å². The fraction of sp³-hybridized carbons (Fsp3) is 0.167. The molecule has 1 N–H and O–H groups in total. The van der Waals surface area contributed by atoms with Crippen LogP contribution in [0, 0.1) is 0 Å². The lowest BCUT2D eigenvalue weighted by Crippen LogP contribution is -2.03. The first-order chi connectivity index (χ1) is 3.79. The van der Waals surface area contributed by atoms with E-state index in [0.717, 1.165) is 0 Å². The molecule has 0 unspecified atom stereocenters. The summed E-state index contributed by atoms with van der Waals surface area (Å²) in [6, 6.07) is 0. The third-order valence-electron chi connectivity index (χ3n) is 0.915. The molecule has 0 atom stereocenters. The Kier molecular flexibility index (Phi) is 1.26. The molecule has 0 aromatic rings. The molecule has 0 aliphatic heterocycles. The highest BCUT2D eigenvalue weighted by molar-refractivity contribution is 6.00. The topological polar surface area (TPSA) is 37.3 Å². The van der Waals surface area contributed by atoms with Gasteiger partial charge in [0.05, 0.1) is 6.10 Å². The highest BCUT2D eigenvalue weighted by Gasteiger charge is 1.99. The smallest absolute Gasteiger partial charge is 0.178 e. The maximum absolute atomic E-state index is 10.3. The third kappa shape index (κ3) is 1.04. The van der Waals surface area contributed by atoms with Crippen LogP contribution in [0.25, 0.3) is 0 Å². The Labute approximate surface area is 47.1 Å². The Morgan fingerprint density at radius 3 is 2.25 bits per heavy atom. The van der Waals surface area contributed by atoms with Crippen molar-refractivity contribution in [2.24, 2.45) is 0 Å². The van der Waals surface area contributed by atoms with Crippen molar-refractivity contribution in [3.8, 4) is 0 Å². The first kappa shape index (κ1) is 5.25. The highest BCUT2D eigenvalue weighted by Crippen LogP contribution is 1.96. The van der Waals surface area contributed by atoms with Gasteiger partial charge in [-0.1, -0.05) is 0 Å². The van der Waals surface area contributed by atoms with E-state index in [1.54, 1.807) is 0 Å². The molecule has 42 valence electrons. The standard InChI is InChI=1S/C6H6O2/c7-5-1-2-6(8)4-3-5/h1-5,7H. The number of allylic oxidation sites excluding steroid dienone is 2. The summed E-state index contributed by atoms with van der Waals surface area (Å²) in [6.07, 6.45) is 5.03. The molecular weight excluding hydrogens is 104 g/mol. The van der Waals surface area contributed by atoms with Crippen molar-refractivity contribution >= 4 is 5.78 Å². The molecule has 1 aliphatic rings. The van der Waals surface area contributed by atoms with E-state index in [9.17, 15) is 4.79 Å².